The number of imidazole rings is 4. The van der Waals surface area contributed by atoms with Gasteiger partial charge in [0.15, 0.2) is 0 Å². The van der Waals surface area contributed by atoms with Gasteiger partial charge in [-0.3, -0.25) is 9.38 Å². The van der Waals surface area contributed by atoms with Crippen LogP contribution in [-0.4, -0.2) is 48.7 Å². The van der Waals surface area contributed by atoms with Gasteiger partial charge in [-0.1, -0.05) is 95.2 Å². The average Bonchev–Trinajstić information content (AvgIpc) is 3.88. The third kappa shape index (κ3) is 9.48. The Morgan fingerprint density at radius 2 is 1.31 bits per heavy atom. The minimum atomic E-state index is 0.0685. The van der Waals surface area contributed by atoms with Gasteiger partial charge in [-0.05, 0) is 52.3 Å². The van der Waals surface area contributed by atoms with E-state index in [1.54, 1.807) is 24.9 Å². The molecule has 52 heavy (non-hydrogen) atoms. The van der Waals surface area contributed by atoms with Gasteiger partial charge in [-0.25, -0.2) is 24.9 Å². The normalized spacial score (nSPS) is 12.2. The van der Waals surface area contributed by atoms with Crippen LogP contribution in [0.2, 0.25) is 0 Å². The summed E-state index contributed by atoms with van der Waals surface area (Å²) < 4.78 is 4.00. The highest BCUT2D eigenvalue weighted by Gasteiger charge is 2.19. The van der Waals surface area contributed by atoms with E-state index in [9.17, 15) is 0 Å². The molecule has 0 aliphatic rings. The predicted molar refractivity (Wildman–Crippen MR) is 213 cm³/mol. The lowest BCUT2D eigenvalue weighted by Gasteiger charge is -2.18. The lowest BCUT2D eigenvalue weighted by atomic mass is 9.87. The van der Waals surface area contributed by atoms with Crippen LogP contribution < -0.4 is 0 Å². The second kappa shape index (κ2) is 14.7. The number of nitrogens with zero attached hydrogens (tertiary/aromatic N) is 8. The van der Waals surface area contributed by atoms with Crippen LogP contribution in [0.4, 0.5) is 0 Å². The van der Waals surface area contributed by atoms with E-state index in [0.29, 0.717) is 0 Å². The Morgan fingerprint density at radius 3 is 1.96 bits per heavy atom. The highest BCUT2D eigenvalue weighted by atomic mass is 15.1. The van der Waals surface area contributed by atoms with E-state index in [4.69, 9.17) is 0 Å². The molecule has 7 heterocycles. The monoisotopic (exact) mass is 698 g/mol. The van der Waals surface area contributed by atoms with Crippen LogP contribution >= 0.6 is 0 Å². The molecule has 0 fully saturated rings. The minimum Gasteiger partial charge on any atom is -0.345 e. The fraction of sp³-hybridized carbons (Fsp3) is 0.381. The van der Waals surface area contributed by atoms with Crippen molar-refractivity contribution in [2.75, 3.05) is 0 Å². The summed E-state index contributed by atoms with van der Waals surface area (Å²) in [6.07, 6.45) is 17.0. The van der Waals surface area contributed by atoms with Crippen molar-refractivity contribution in [3.05, 3.63) is 121 Å². The summed E-state index contributed by atoms with van der Waals surface area (Å²) >= 11 is 0. The highest BCUT2D eigenvalue weighted by molar-refractivity contribution is 5.75. The zero-order valence-corrected chi connectivity index (χ0v) is 32.8. The van der Waals surface area contributed by atoms with Crippen molar-refractivity contribution in [2.24, 2.45) is 0 Å². The number of hydrogen-bond acceptors (Lipinski definition) is 6. The molecule has 0 bridgehead atoms. The van der Waals surface area contributed by atoms with Crippen LogP contribution in [0.15, 0.2) is 98.4 Å². The summed E-state index contributed by atoms with van der Waals surface area (Å²) in [7, 11) is 0. The first kappa shape index (κ1) is 37.9. The van der Waals surface area contributed by atoms with Crippen molar-refractivity contribution in [1.82, 2.24) is 48.7 Å². The summed E-state index contributed by atoms with van der Waals surface area (Å²) in [4.78, 5) is 31.9. The number of aromatic amines is 2. The zero-order chi connectivity index (χ0) is 37.9. The molecule has 0 saturated carbocycles. The second-order valence-electron chi connectivity index (χ2n) is 17.2. The molecule has 0 aliphatic carbocycles. The molecule has 10 nitrogen and oxygen atoms in total. The third-order valence-electron chi connectivity index (χ3n) is 8.54. The molecule has 0 saturated heterocycles. The molecule has 0 amide bonds. The van der Waals surface area contributed by atoms with Crippen molar-refractivity contribution < 1.29 is 0 Å². The Balaban J connectivity index is 0.000000134. The molecule has 272 valence electrons. The van der Waals surface area contributed by atoms with E-state index in [2.05, 4.69) is 164 Å². The van der Waals surface area contributed by atoms with Crippen LogP contribution in [-0.2, 0) is 21.7 Å². The molecule has 0 radical (unpaired) electrons. The predicted octanol–water partition coefficient (Wildman–Crippen LogP) is 9.77. The summed E-state index contributed by atoms with van der Waals surface area (Å²) in [5, 5.41) is 0. The number of fused-ring (bicyclic) bond motifs is 4. The first-order valence-electron chi connectivity index (χ1n) is 17.8. The molecular formula is C42H54N10. The standard InChI is InChI=1S/2C11H14N2.2C10H13N3/c1-11(2,3)8-4-5-9-10(6-8)13-7-12-9;1-11(2,3)9-4-5-10-12-6-7-13(10)8-9;1-10(2,3)9-12-7-4-5-11-6-8(7)13-9;1-10(2,3)8-7-13-6-4-5-11-9(13)12-8/h4-7H,1-3H3,(H,12,13);4-8H,1-3H3;4-6H,1-3H3,(H,12,13);4-7H,1-3H3. The van der Waals surface area contributed by atoms with Crippen molar-refractivity contribution >= 4 is 33.5 Å². The van der Waals surface area contributed by atoms with E-state index < -0.39 is 0 Å². The summed E-state index contributed by atoms with van der Waals surface area (Å²) in [5.41, 5.74) is 9.47. The quantitative estimate of drug-likeness (QED) is 0.163. The maximum absolute atomic E-state index is 4.49. The van der Waals surface area contributed by atoms with Gasteiger partial charge in [0.05, 0.1) is 40.3 Å². The zero-order valence-electron chi connectivity index (χ0n) is 32.8. The molecule has 10 heteroatoms. The fourth-order valence-corrected chi connectivity index (χ4v) is 5.17. The van der Waals surface area contributed by atoms with Crippen molar-refractivity contribution in [1.29, 1.82) is 0 Å². The number of H-pyrrole nitrogens is 2. The Kier molecular flexibility index (Phi) is 10.7. The number of pyridine rings is 2. The van der Waals surface area contributed by atoms with E-state index in [0.717, 1.165) is 45.0 Å². The van der Waals surface area contributed by atoms with Crippen LogP contribution in [0.3, 0.4) is 0 Å². The van der Waals surface area contributed by atoms with E-state index >= 15 is 0 Å². The topological polar surface area (TPSA) is 118 Å². The Labute approximate surface area is 307 Å². The van der Waals surface area contributed by atoms with Gasteiger partial charge in [0, 0.05) is 54.2 Å². The average molecular weight is 699 g/mol. The maximum Gasteiger partial charge on any atom is 0.233 e. The minimum absolute atomic E-state index is 0.0685. The molecule has 1 aromatic carbocycles. The van der Waals surface area contributed by atoms with Crippen molar-refractivity contribution in [3.8, 4) is 0 Å². The largest absolute Gasteiger partial charge is 0.345 e. The second-order valence-corrected chi connectivity index (χ2v) is 17.2. The van der Waals surface area contributed by atoms with Crippen LogP contribution in [0.1, 0.15) is 106 Å². The van der Waals surface area contributed by atoms with Crippen molar-refractivity contribution in [2.45, 2.75) is 105 Å². The Morgan fingerprint density at radius 1 is 0.577 bits per heavy atom. The van der Waals surface area contributed by atoms with E-state index in [1.807, 2.05) is 41.3 Å². The lowest BCUT2D eigenvalue weighted by molar-refractivity contribution is 0.554. The van der Waals surface area contributed by atoms with Gasteiger partial charge >= 0.3 is 0 Å². The van der Waals surface area contributed by atoms with Crippen LogP contribution in [0.5, 0.6) is 0 Å². The summed E-state index contributed by atoms with van der Waals surface area (Å²) in [6, 6.07) is 14.4. The number of aromatic nitrogens is 10. The maximum atomic E-state index is 4.49. The molecule has 2 N–H and O–H groups in total. The molecular weight excluding hydrogens is 645 g/mol. The number of rotatable bonds is 0. The van der Waals surface area contributed by atoms with Gasteiger partial charge in [0.25, 0.3) is 0 Å². The van der Waals surface area contributed by atoms with Crippen LogP contribution in [0, 0.1) is 0 Å². The molecule has 8 rings (SSSR count). The van der Waals surface area contributed by atoms with Crippen molar-refractivity contribution in [3.63, 3.8) is 0 Å². The first-order chi connectivity index (χ1) is 24.3. The smallest absolute Gasteiger partial charge is 0.233 e. The third-order valence-corrected chi connectivity index (χ3v) is 8.54. The summed E-state index contributed by atoms with van der Waals surface area (Å²) in [6.45, 7) is 26.1. The number of benzene rings is 1. The van der Waals surface area contributed by atoms with E-state index in [1.165, 1.54) is 11.1 Å². The SMILES string of the molecule is CC(C)(C)c1ccc2nc[nH]c2c1.CC(C)(C)c1ccc2nccn2c1.CC(C)(C)c1cn2cccnc2n1.CC(C)(C)c1nc2ccncc2[nH]1. The lowest BCUT2D eigenvalue weighted by Crippen LogP contribution is -2.12. The van der Waals surface area contributed by atoms with Gasteiger partial charge in [-0.2, -0.15) is 0 Å². The van der Waals surface area contributed by atoms with E-state index in [-0.39, 0.29) is 21.7 Å². The van der Waals surface area contributed by atoms with Gasteiger partial charge in [0.1, 0.15) is 11.5 Å². The Hall–Kier alpha value is -5.38. The first-order valence-corrected chi connectivity index (χ1v) is 17.8. The van der Waals surface area contributed by atoms with Crippen LogP contribution in [0.25, 0.3) is 33.5 Å². The number of nitrogens with one attached hydrogen (secondary N) is 2. The molecule has 7 aromatic heterocycles. The van der Waals surface area contributed by atoms with Gasteiger partial charge in [0.2, 0.25) is 5.78 Å². The van der Waals surface area contributed by atoms with Gasteiger partial charge < -0.3 is 14.4 Å². The summed E-state index contributed by atoms with van der Waals surface area (Å²) in [5.74, 6) is 1.78. The molecule has 8 aromatic rings. The molecule has 0 unspecified atom stereocenters. The number of hydrogen-bond donors (Lipinski definition) is 2. The van der Waals surface area contributed by atoms with Gasteiger partial charge in [-0.15, -0.1) is 0 Å². The molecule has 0 spiro atoms. The highest BCUT2D eigenvalue weighted by Crippen LogP contribution is 2.25. The molecule has 0 atom stereocenters. The fourth-order valence-electron chi connectivity index (χ4n) is 5.17. The molecule has 0 aliphatic heterocycles. The Bertz CT molecular complexity index is 2100.